The third-order valence-corrected chi connectivity index (χ3v) is 6.10. The van der Waals surface area contributed by atoms with Gasteiger partial charge >= 0.3 is 0 Å². The van der Waals surface area contributed by atoms with E-state index in [1.165, 1.54) is 19.3 Å². The molecule has 4 heteroatoms. The Morgan fingerprint density at radius 3 is 2.59 bits per heavy atom. The fourth-order valence-corrected chi connectivity index (χ4v) is 4.55. The number of hydrogen-bond donors (Lipinski definition) is 1. The molecule has 1 saturated carbocycles. The highest BCUT2D eigenvalue weighted by Crippen LogP contribution is 2.46. The lowest BCUT2D eigenvalue weighted by Crippen LogP contribution is -2.46. The van der Waals surface area contributed by atoms with Gasteiger partial charge in [0.25, 0.3) is 0 Å². The summed E-state index contributed by atoms with van der Waals surface area (Å²) < 4.78 is 6.45. The van der Waals surface area contributed by atoms with E-state index in [1.807, 2.05) is 42.5 Å². The molecule has 1 atom stereocenters. The summed E-state index contributed by atoms with van der Waals surface area (Å²) in [5, 5.41) is 4.01. The van der Waals surface area contributed by atoms with Crippen LogP contribution >= 0.6 is 11.6 Å². The normalized spacial score (nSPS) is 20.6. The third kappa shape index (κ3) is 4.30. The van der Waals surface area contributed by atoms with Gasteiger partial charge in [0.2, 0.25) is 5.91 Å². The Kier molecular flexibility index (Phi) is 5.40. The predicted octanol–water partition coefficient (Wildman–Crippen LogP) is 5.62. The fraction of sp³-hybridized carbons (Fsp3) is 0.435. The second-order valence-corrected chi connectivity index (χ2v) is 8.27. The van der Waals surface area contributed by atoms with Crippen LogP contribution in [0.25, 0.3) is 0 Å². The Bertz CT molecular complexity index is 796. The third-order valence-electron chi connectivity index (χ3n) is 5.85. The molecule has 1 heterocycles. The van der Waals surface area contributed by atoms with Gasteiger partial charge in [0.1, 0.15) is 11.4 Å². The number of nitrogens with one attached hydrogen (secondary N) is 1. The van der Waals surface area contributed by atoms with Crippen LogP contribution in [0.5, 0.6) is 5.75 Å². The van der Waals surface area contributed by atoms with Crippen molar-refractivity contribution < 1.29 is 9.53 Å². The minimum Gasteiger partial charge on any atom is -0.487 e. The molecule has 4 rings (SSSR count). The highest BCUT2D eigenvalue weighted by atomic mass is 35.5. The molecule has 27 heavy (non-hydrogen) atoms. The van der Waals surface area contributed by atoms with Gasteiger partial charge in [0.15, 0.2) is 0 Å². The molecule has 0 radical (unpaired) electrons. The van der Waals surface area contributed by atoms with Crippen molar-refractivity contribution in [2.75, 3.05) is 0 Å². The number of aryl methyl sites for hydroxylation is 1. The first kappa shape index (κ1) is 18.4. The summed E-state index contributed by atoms with van der Waals surface area (Å²) in [6, 6.07) is 15.9. The van der Waals surface area contributed by atoms with Crippen molar-refractivity contribution >= 4 is 17.5 Å². The lowest BCUT2D eigenvalue weighted by Gasteiger charge is -2.44. The van der Waals surface area contributed by atoms with Gasteiger partial charge in [-0.2, -0.15) is 0 Å². The van der Waals surface area contributed by atoms with E-state index in [2.05, 4.69) is 11.4 Å². The zero-order valence-corrected chi connectivity index (χ0v) is 16.3. The van der Waals surface area contributed by atoms with Crippen LogP contribution in [0.2, 0.25) is 5.02 Å². The lowest BCUT2D eigenvalue weighted by molar-refractivity contribution is -0.122. The molecule has 0 unspecified atom stereocenters. The number of fused-ring (bicyclic) bond motifs is 1. The van der Waals surface area contributed by atoms with Gasteiger partial charge in [-0.1, -0.05) is 48.4 Å². The van der Waals surface area contributed by atoms with Gasteiger partial charge < -0.3 is 10.1 Å². The maximum Gasteiger partial charge on any atom is 0.220 e. The number of hydrogen-bond acceptors (Lipinski definition) is 2. The minimum atomic E-state index is -0.110. The number of carbonyl (C=O) groups is 1. The molecular weight excluding hydrogens is 358 g/mol. The van der Waals surface area contributed by atoms with E-state index in [0.29, 0.717) is 6.42 Å². The summed E-state index contributed by atoms with van der Waals surface area (Å²) in [6.07, 6.45) is 7.94. The SMILES string of the molecule is O=C(CCc1ccc(Cl)cc1)N[C@@H]1CC2(CCCCC2)Oc2ccccc21. The fourth-order valence-electron chi connectivity index (χ4n) is 4.42. The van der Waals surface area contributed by atoms with E-state index in [1.54, 1.807) is 0 Å². The van der Waals surface area contributed by atoms with Crippen LogP contribution < -0.4 is 10.1 Å². The molecule has 1 amide bonds. The average molecular weight is 384 g/mol. The molecule has 142 valence electrons. The zero-order chi connectivity index (χ0) is 18.7. The summed E-state index contributed by atoms with van der Waals surface area (Å²) >= 11 is 5.93. The zero-order valence-electron chi connectivity index (χ0n) is 15.5. The van der Waals surface area contributed by atoms with Crippen LogP contribution in [0.4, 0.5) is 0 Å². The number of rotatable bonds is 4. The lowest BCUT2D eigenvalue weighted by atomic mass is 9.77. The van der Waals surface area contributed by atoms with Crippen molar-refractivity contribution in [1.82, 2.24) is 5.32 Å². The number of benzene rings is 2. The minimum absolute atomic E-state index is 0.0331. The quantitative estimate of drug-likeness (QED) is 0.744. The van der Waals surface area contributed by atoms with Gasteiger partial charge in [0.05, 0.1) is 6.04 Å². The summed E-state index contributed by atoms with van der Waals surface area (Å²) in [6.45, 7) is 0. The Morgan fingerprint density at radius 2 is 1.81 bits per heavy atom. The van der Waals surface area contributed by atoms with Crippen LogP contribution in [-0.2, 0) is 11.2 Å². The molecule has 1 N–H and O–H groups in total. The molecule has 1 aliphatic heterocycles. The molecule has 3 nitrogen and oxygen atoms in total. The largest absolute Gasteiger partial charge is 0.487 e. The average Bonchev–Trinajstić information content (AvgIpc) is 2.68. The van der Waals surface area contributed by atoms with E-state index < -0.39 is 0 Å². The first-order valence-corrected chi connectivity index (χ1v) is 10.3. The van der Waals surface area contributed by atoms with Crippen LogP contribution in [0.3, 0.4) is 0 Å². The maximum atomic E-state index is 12.7. The van der Waals surface area contributed by atoms with E-state index in [9.17, 15) is 4.79 Å². The highest BCUT2D eigenvalue weighted by Gasteiger charge is 2.42. The van der Waals surface area contributed by atoms with Crippen LogP contribution in [0.1, 0.15) is 62.1 Å². The first-order chi connectivity index (χ1) is 13.1. The molecule has 2 aliphatic rings. The monoisotopic (exact) mass is 383 g/mol. The van der Waals surface area contributed by atoms with Crippen LogP contribution in [-0.4, -0.2) is 11.5 Å². The molecular formula is C23H26ClNO2. The second kappa shape index (κ2) is 7.93. The molecule has 2 aromatic rings. The van der Waals surface area contributed by atoms with Crippen molar-refractivity contribution in [3.63, 3.8) is 0 Å². The van der Waals surface area contributed by atoms with Gasteiger partial charge in [-0.15, -0.1) is 0 Å². The van der Waals surface area contributed by atoms with Crippen molar-refractivity contribution in [1.29, 1.82) is 0 Å². The second-order valence-electron chi connectivity index (χ2n) is 7.83. The van der Waals surface area contributed by atoms with Gasteiger partial charge in [0, 0.05) is 23.4 Å². The summed E-state index contributed by atoms with van der Waals surface area (Å²) in [5.41, 5.74) is 2.13. The molecule has 1 fully saturated rings. The topological polar surface area (TPSA) is 38.3 Å². The van der Waals surface area contributed by atoms with Crippen LogP contribution in [0, 0.1) is 0 Å². The molecule has 1 spiro atoms. The highest BCUT2D eigenvalue weighted by molar-refractivity contribution is 6.30. The van der Waals surface area contributed by atoms with Crippen molar-refractivity contribution in [2.24, 2.45) is 0 Å². The van der Waals surface area contributed by atoms with E-state index in [0.717, 1.165) is 47.6 Å². The van der Waals surface area contributed by atoms with Gasteiger partial charge in [-0.3, -0.25) is 4.79 Å². The summed E-state index contributed by atoms with van der Waals surface area (Å²) in [5.74, 6) is 1.03. The van der Waals surface area contributed by atoms with Gasteiger partial charge in [-0.05, 0) is 55.9 Å². The Balaban J connectivity index is 1.44. The van der Waals surface area contributed by atoms with Gasteiger partial charge in [-0.25, -0.2) is 0 Å². The van der Waals surface area contributed by atoms with Crippen molar-refractivity contribution in [3.8, 4) is 5.75 Å². The predicted molar refractivity (Wildman–Crippen MR) is 108 cm³/mol. The number of halogens is 1. The smallest absolute Gasteiger partial charge is 0.220 e. The van der Waals surface area contributed by atoms with E-state index in [-0.39, 0.29) is 17.6 Å². The molecule has 0 bridgehead atoms. The van der Waals surface area contributed by atoms with Crippen LogP contribution in [0.15, 0.2) is 48.5 Å². The van der Waals surface area contributed by atoms with Crippen molar-refractivity contribution in [2.45, 2.75) is 63.0 Å². The number of ether oxygens (including phenoxy) is 1. The standard InChI is InChI=1S/C23H26ClNO2/c24-18-11-8-17(9-12-18)10-13-22(26)25-20-16-23(14-4-1-5-15-23)27-21-7-3-2-6-19(20)21/h2-3,6-9,11-12,20H,1,4-5,10,13-16H2,(H,25,26)/t20-/m1/s1. The molecule has 1 aliphatic carbocycles. The number of amides is 1. The molecule has 0 aromatic heterocycles. The Morgan fingerprint density at radius 1 is 1.07 bits per heavy atom. The molecule has 2 aromatic carbocycles. The summed E-state index contributed by atoms with van der Waals surface area (Å²) in [7, 11) is 0. The molecule has 0 saturated heterocycles. The van der Waals surface area contributed by atoms with E-state index >= 15 is 0 Å². The van der Waals surface area contributed by atoms with E-state index in [4.69, 9.17) is 16.3 Å². The maximum absolute atomic E-state index is 12.7. The number of para-hydroxylation sites is 1. The Labute approximate surface area is 166 Å². The number of carbonyl (C=O) groups excluding carboxylic acids is 1. The van der Waals surface area contributed by atoms with Crippen molar-refractivity contribution in [3.05, 3.63) is 64.7 Å². The first-order valence-electron chi connectivity index (χ1n) is 9.95. The summed E-state index contributed by atoms with van der Waals surface area (Å²) in [4.78, 5) is 12.7. The Hall–Kier alpha value is -2.00.